The molecule has 0 aromatic heterocycles. The van der Waals surface area contributed by atoms with Gasteiger partial charge in [0.15, 0.2) is 0 Å². The van der Waals surface area contributed by atoms with Crippen LogP contribution in [0.25, 0.3) is 0 Å². The van der Waals surface area contributed by atoms with Crippen molar-refractivity contribution in [3.8, 4) is 17.6 Å². The van der Waals surface area contributed by atoms with Gasteiger partial charge < -0.3 is 4.74 Å². The van der Waals surface area contributed by atoms with Crippen molar-refractivity contribution >= 4 is 0 Å². The summed E-state index contributed by atoms with van der Waals surface area (Å²) in [6, 6.07) is 8.06. The molecule has 0 atom stereocenters. The maximum absolute atomic E-state index is 5.47. The zero-order valence-electron chi connectivity index (χ0n) is 18.0. The topological polar surface area (TPSA) is 9.23 Å². The molecule has 152 valence electrons. The quantitative estimate of drug-likeness (QED) is 0.468. The van der Waals surface area contributed by atoms with Gasteiger partial charge in [0.1, 0.15) is 5.75 Å². The van der Waals surface area contributed by atoms with E-state index in [-0.39, 0.29) is 0 Å². The fourth-order valence-electron chi connectivity index (χ4n) is 5.28. The zero-order chi connectivity index (χ0) is 19.6. The number of allylic oxidation sites excluding steroid dienone is 2. The molecule has 0 aliphatic heterocycles. The van der Waals surface area contributed by atoms with Gasteiger partial charge >= 0.3 is 0 Å². The van der Waals surface area contributed by atoms with Crippen molar-refractivity contribution in [2.45, 2.75) is 78.1 Å². The maximum atomic E-state index is 5.47. The molecule has 2 aliphatic rings. The Kier molecular flexibility index (Phi) is 8.53. The van der Waals surface area contributed by atoms with Crippen LogP contribution in [0.1, 0.15) is 83.6 Å². The van der Waals surface area contributed by atoms with E-state index < -0.39 is 0 Å². The number of benzene rings is 1. The molecule has 1 aromatic carbocycles. The molecule has 2 aliphatic carbocycles. The van der Waals surface area contributed by atoms with Crippen molar-refractivity contribution in [2.75, 3.05) is 6.61 Å². The Hall–Kier alpha value is -1.68. The van der Waals surface area contributed by atoms with Gasteiger partial charge in [-0.25, -0.2) is 0 Å². The third-order valence-corrected chi connectivity index (χ3v) is 6.91. The summed E-state index contributed by atoms with van der Waals surface area (Å²) >= 11 is 0. The summed E-state index contributed by atoms with van der Waals surface area (Å²) in [5, 5.41) is 0. The second-order valence-corrected chi connectivity index (χ2v) is 8.83. The van der Waals surface area contributed by atoms with Crippen LogP contribution in [0.15, 0.2) is 36.4 Å². The summed E-state index contributed by atoms with van der Waals surface area (Å²) in [6.07, 6.45) is 18.9. The van der Waals surface area contributed by atoms with E-state index in [2.05, 4.69) is 30.9 Å². The van der Waals surface area contributed by atoms with E-state index >= 15 is 0 Å². The molecular weight excluding hydrogens is 340 g/mol. The normalized spacial score (nSPS) is 27.9. The van der Waals surface area contributed by atoms with Crippen LogP contribution in [0.4, 0.5) is 0 Å². The first-order valence-corrected chi connectivity index (χ1v) is 11.7. The van der Waals surface area contributed by atoms with Gasteiger partial charge in [-0.3, -0.25) is 0 Å². The lowest BCUT2D eigenvalue weighted by molar-refractivity contribution is 0.152. The molecule has 0 amide bonds. The van der Waals surface area contributed by atoms with Crippen molar-refractivity contribution in [1.29, 1.82) is 0 Å². The number of hydrogen-bond acceptors (Lipinski definition) is 1. The zero-order valence-corrected chi connectivity index (χ0v) is 18.0. The first-order valence-electron chi connectivity index (χ1n) is 11.7. The summed E-state index contributed by atoms with van der Waals surface area (Å²) in [4.78, 5) is 0. The highest BCUT2D eigenvalue weighted by Crippen LogP contribution is 2.42. The third kappa shape index (κ3) is 6.44. The van der Waals surface area contributed by atoms with Crippen molar-refractivity contribution in [2.24, 2.45) is 23.7 Å². The highest BCUT2D eigenvalue weighted by atomic mass is 16.5. The number of rotatable bonds is 6. The number of hydrogen-bond donors (Lipinski definition) is 0. The Bertz CT molecular complexity index is 644. The van der Waals surface area contributed by atoms with E-state index in [9.17, 15) is 0 Å². The largest absolute Gasteiger partial charge is 0.494 e. The Balaban J connectivity index is 1.39. The van der Waals surface area contributed by atoms with E-state index in [1.54, 1.807) is 0 Å². The van der Waals surface area contributed by atoms with Gasteiger partial charge in [0, 0.05) is 5.56 Å². The van der Waals surface area contributed by atoms with Crippen molar-refractivity contribution in [3.05, 3.63) is 42.0 Å². The maximum Gasteiger partial charge on any atom is 0.119 e. The van der Waals surface area contributed by atoms with Gasteiger partial charge in [0.2, 0.25) is 0 Å². The molecule has 0 heterocycles. The van der Waals surface area contributed by atoms with Crippen LogP contribution in [0.2, 0.25) is 0 Å². The van der Waals surface area contributed by atoms with Crippen LogP contribution in [0.5, 0.6) is 5.75 Å². The highest BCUT2D eigenvalue weighted by molar-refractivity contribution is 5.40. The van der Waals surface area contributed by atoms with Crippen molar-refractivity contribution in [3.63, 3.8) is 0 Å². The molecule has 1 aromatic rings. The van der Waals surface area contributed by atoms with E-state index in [1.807, 2.05) is 31.2 Å². The Morgan fingerprint density at radius 1 is 0.893 bits per heavy atom. The molecule has 0 spiro atoms. The Morgan fingerprint density at radius 3 is 2.14 bits per heavy atom. The molecule has 0 radical (unpaired) electrons. The predicted molar refractivity (Wildman–Crippen MR) is 119 cm³/mol. The van der Waals surface area contributed by atoms with Crippen molar-refractivity contribution < 1.29 is 4.74 Å². The summed E-state index contributed by atoms with van der Waals surface area (Å²) in [5.74, 6) is 11.2. The van der Waals surface area contributed by atoms with Crippen LogP contribution >= 0.6 is 0 Å². The average molecular weight is 379 g/mol. The summed E-state index contributed by atoms with van der Waals surface area (Å²) in [7, 11) is 0. The average Bonchev–Trinajstić information content (AvgIpc) is 2.74. The minimum Gasteiger partial charge on any atom is -0.494 e. The van der Waals surface area contributed by atoms with Gasteiger partial charge in [0.25, 0.3) is 0 Å². The fourth-order valence-corrected chi connectivity index (χ4v) is 5.28. The minimum absolute atomic E-state index is 0.704. The Labute approximate surface area is 173 Å². The molecular formula is C27H38O. The molecule has 3 rings (SSSR count). The standard InChI is InChI=1S/C27H38O/c1-3-7-22-10-16-25(17-11-22)26-18-12-23(13-19-26)8-5-6-9-24-14-20-27(21-15-24)28-4-2/h5,8,14-15,20-23,25-26H,3-4,7,10-13,16-19H2,1-2H3/t22-,23-,25-,26-. The Morgan fingerprint density at radius 2 is 1.54 bits per heavy atom. The first kappa shape index (κ1) is 21.0. The lowest BCUT2D eigenvalue weighted by Crippen LogP contribution is -2.25. The molecule has 2 saturated carbocycles. The fraction of sp³-hybridized carbons (Fsp3) is 0.630. The molecule has 1 nitrogen and oxygen atoms in total. The van der Waals surface area contributed by atoms with E-state index in [4.69, 9.17) is 4.74 Å². The monoisotopic (exact) mass is 378 g/mol. The SMILES string of the molecule is CCC[C@H]1CC[C@H]([C@H]2CC[C@H](C=CC#Cc3ccc(OCC)cc3)CC2)CC1. The second-order valence-electron chi connectivity index (χ2n) is 8.83. The van der Waals surface area contributed by atoms with Gasteiger partial charge in [-0.2, -0.15) is 0 Å². The summed E-state index contributed by atoms with van der Waals surface area (Å²) in [6.45, 7) is 5.05. The molecule has 0 saturated heterocycles. The summed E-state index contributed by atoms with van der Waals surface area (Å²) < 4.78 is 5.47. The smallest absolute Gasteiger partial charge is 0.119 e. The van der Waals surface area contributed by atoms with E-state index in [0.717, 1.165) is 35.0 Å². The van der Waals surface area contributed by atoms with Crippen LogP contribution in [0.3, 0.4) is 0 Å². The third-order valence-electron chi connectivity index (χ3n) is 6.91. The molecule has 0 N–H and O–H groups in total. The minimum atomic E-state index is 0.704. The lowest BCUT2D eigenvalue weighted by atomic mass is 9.69. The van der Waals surface area contributed by atoms with Gasteiger partial charge in [0.05, 0.1) is 6.61 Å². The van der Waals surface area contributed by atoms with Gasteiger partial charge in [-0.1, -0.05) is 50.5 Å². The molecule has 28 heavy (non-hydrogen) atoms. The number of ether oxygens (including phenoxy) is 1. The molecule has 0 unspecified atom stereocenters. The summed E-state index contributed by atoms with van der Waals surface area (Å²) in [5.41, 5.74) is 1.05. The first-order chi connectivity index (χ1) is 13.8. The molecule has 1 heteroatoms. The van der Waals surface area contributed by atoms with Gasteiger partial charge in [-0.15, -0.1) is 0 Å². The van der Waals surface area contributed by atoms with Crippen LogP contribution in [-0.2, 0) is 0 Å². The van der Waals surface area contributed by atoms with Crippen LogP contribution in [-0.4, -0.2) is 6.61 Å². The van der Waals surface area contributed by atoms with Gasteiger partial charge in [-0.05, 0) is 99.5 Å². The van der Waals surface area contributed by atoms with E-state index in [1.165, 1.54) is 64.2 Å². The lowest BCUT2D eigenvalue weighted by Gasteiger charge is -2.37. The van der Waals surface area contributed by atoms with Crippen LogP contribution in [0, 0.1) is 35.5 Å². The van der Waals surface area contributed by atoms with Crippen LogP contribution < -0.4 is 4.74 Å². The molecule has 2 fully saturated rings. The predicted octanol–water partition coefficient (Wildman–Crippen LogP) is 7.41. The molecule has 0 bridgehead atoms. The van der Waals surface area contributed by atoms with E-state index in [0.29, 0.717) is 6.61 Å². The second kappa shape index (κ2) is 11.4. The highest BCUT2D eigenvalue weighted by Gasteiger charge is 2.29. The van der Waals surface area contributed by atoms with Crippen molar-refractivity contribution in [1.82, 2.24) is 0 Å².